The maximum absolute atomic E-state index is 13.6. The molecule has 2 heterocycles. The van der Waals surface area contributed by atoms with Gasteiger partial charge in [-0.25, -0.2) is 4.39 Å². The molecular weight excluding hydrogens is 297 g/mol. The van der Waals surface area contributed by atoms with E-state index in [0.29, 0.717) is 26.1 Å². The highest BCUT2D eigenvalue weighted by Gasteiger charge is 2.36. The molecule has 1 aliphatic rings. The summed E-state index contributed by atoms with van der Waals surface area (Å²) >= 11 is 0. The minimum Gasteiger partial charge on any atom is -0.381 e. The molecule has 0 saturated carbocycles. The summed E-state index contributed by atoms with van der Waals surface area (Å²) in [5.41, 5.74) is 1.08. The number of nitrogens with one attached hydrogen (secondary N) is 1. The first-order chi connectivity index (χ1) is 11.1. The predicted molar refractivity (Wildman–Crippen MR) is 83.2 cm³/mol. The highest BCUT2D eigenvalue weighted by molar-refractivity contribution is 5.79. The number of rotatable bonds is 4. The Morgan fingerprint density at radius 1 is 1.43 bits per heavy atom. The lowest BCUT2D eigenvalue weighted by Gasteiger charge is -2.38. The van der Waals surface area contributed by atoms with Crippen LogP contribution in [0, 0.1) is 5.82 Å². The van der Waals surface area contributed by atoms with Crippen LogP contribution in [0.25, 0.3) is 0 Å². The number of carbonyl (C=O) groups excluding carboxylic acids is 1. The van der Waals surface area contributed by atoms with E-state index in [9.17, 15) is 9.18 Å². The SMILES string of the molecule is Cn1cc(CC(=O)NC2(c3cccc(F)c3)CCOCC2)cn1. The van der Waals surface area contributed by atoms with E-state index in [2.05, 4.69) is 10.4 Å². The molecule has 6 heteroatoms. The second kappa shape index (κ2) is 6.50. The lowest BCUT2D eigenvalue weighted by atomic mass is 9.82. The average Bonchev–Trinajstić information content (AvgIpc) is 2.93. The van der Waals surface area contributed by atoms with E-state index >= 15 is 0 Å². The van der Waals surface area contributed by atoms with E-state index in [4.69, 9.17) is 4.74 Å². The van der Waals surface area contributed by atoms with E-state index in [1.165, 1.54) is 12.1 Å². The fourth-order valence-corrected chi connectivity index (χ4v) is 3.05. The van der Waals surface area contributed by atoms with Crippen molar-refractivity contribution in [2.75, 3.05) is 13.2 Å². The van der Waals surface area contributed by atoms with Crippen molar-refractivity contribution in [2.45, 2.75) is 24.8 Å². The first kappa shape index (κ1) is 15.7. The van der Waals surface area contributed by atoms with Gasteiger partial charge in [-0.2, -0.15) is 5.10 Å². The Morgan fingerprint density at radius 3 is 2.87 bits per heavy atom. The largest absolute Gasteiger partial charge is 0.381 e. The Hall–Kier alpha value is -2.21. The quantitative estimate of drug-likeness (QED) is 0.937. The fraction of sp³-hybridized carbons (Fsp3) is 0.412. The van der Waals surface area contributed by atoms with Gasteiger partial charge >= 0.3 is 0 Å². The van der Waals surface area contributed by atoms with Crippen LogP contribution in [0.4, 0.5) is 4.39 Å². The van der Waals surface area contributed by atoms with Gasteiger partial charge in [0.2, 0.25) is 5.91 Å². The molecule has 5 nitrogen and oxygen atoms in total. The highest BCUT2D eigenvalue weighted by atomic mass is 19.1. The molecule has 0 aliphatic carbocycles. The summed E-state index contributed by atoms with van der Waals surface area (Å²) in [5, 5.41) is 7.18. The third kappa shape index (κ3) is 3.59. The maximum atomic E-state index is 13.6. The topological polar surface area (TPSA) is 56.2 Å². The standard InChI is InChI=1S/C17H20FN3O2/c1-21-12-13(11-19-21)9-16(22)20-17(5-7-23-8-6-17)14-3-2-4-15(18)10-14/h2-4,10-12H,5-9H2,1H3,(H,20,22). The number of carbonyl (C=O) groups is 1. The number of hydrogen-bond acceptors (Lipinski definition) is 3. The molecule has 1 aromatic carbocycles. The molecule has 1 amide bonds. The van der Waals surface area contributed by atoms with Crippen molar-refractivity contribution in [1.29, 1.82) is 0 Å². The van der Waals surface area contributed by atoms with Gasteiger partial charge in [0.05, 0.1) is 18.2 Å². The van der Waals surface area contributed by atoms with Crippen LogP contribution in [0.1, 0.15) is 24.0 Å². The number of amides is 1. The second-order valence-corrected chi connectivity index (χ2v) is 5.95. The summed E-state index contributed by atoms with van der Waals surface area (Å²) in [6.07, 6.45) is 5.02. The van der Waals surface area contributed by atoms with E-state index < -0.39 is 5.54 Å². The summed E-state index contributed by atoms with van der Waals surface area (Å²) in [5.74, 6) is -0.390. The monoisotopic (exact) mass is 317 g/mol. The molecule has 1 fully saturated rings. The number of hydrogen-bond donors (Lipinski definition) is 1. The zero-order valence-corrected chi connectivity index (χ0v) is 13.1. The van der Waals surface area contributed by atoms with Gasteiger partial charge < -0.3 is 10.1 Å². The maximum Gasteiger partial charge on any atom is 0.225 e. The molecule has 0 radical (unpaired) electrons. The molecule has 1 aliphatic heterocycles. The molecule has 0 bridgehead atoms. The zero-order chi connectivity index (χ0) is 16.3. The smallest absolute Gasteiger partial charge is 0.225 e. The molecule has 3 rings (SSSR count). The van der Waals surface area contributed by atoms with Crippen molar-refractivity contribution in [3.63, 3.8) is 0 Å². The van der Waals surface area contributed by atoms with Crippen molar-refractivity contribution in [3.05, 3.63) is 53.6 Å². The molecule has 0 spiro atoms. The van der Waals surface area contributed by atoms with Gasteiger partial charge in [-0.3, -0.25) is 9.48 Å². The molecule has 23 heavy (non-hydrogen) atoms. The molecular formula is C17H20FN3O2. The highest BCUT2D eigenvalue weighted by Crippen LogP contribution is 2.32. The first-order valence-corrected chi connectivity index (χ1v) is 7.70. The number of ether oxygens (including phenoxy) is 1. The van der Waals surface area contributed by atoms with Crippen LogP contribution in [0.2, 0.25) is 0 Å². The molecule has 1 aromatic heterocycles. The average molecular weight is 317 g/mol. The summed E-state index contributed by atoms with van der Waals surface area (Å²) in [6.45, 7) is 1.09. The third-order valence-electron chi connectivity index (χ3n) is 4.23. The number of aryl methyl sites for hydroxylation is 1. The van der Waals surface area contributed by atoms with E-state index in [1.807, 2.05) is 19.3 Å². The second-order valence-electron chi connectivity index (χ2n) is 5.95. The van der Waals surface area contributed by atoms with Crippen LogP contribution in [0.5, 0.6) is 0 Å². The Balaban J connectivity index is 1.80. The number of aromatic nitrogens is 2. The fourth-order valence-electron chi connectivity index (χ4n) is 3.05. The molecule has 2 aromatic rings. The van der Waals surface area contributed by atoms with Gasteiger partial charge in [0.15, 0.2) is 0 Å². The lowest BCUT2D eigenvalue weighted by Crippen LogP contribution is -2.50. The van der Waals surface area contributed by atoms with E-state index in [-0.39, 0.29) is 18.1 Å². The molecule has 0 atom stereocenters. The van der Waals surface area contributed by atoms with Crippen LogP contribution < -0.4 is 5.32 Å². The van der Waals surface area contributed by atoms with E-state index in [1.54, 1.807) is 16.9 Å². The first-order valence-electron chi connectivity index (χ1n) is 7.70. The normalized spacial score (nSPS) is 17.0. The Kier molecular flexibility index (Phi) is 4.43. The Bertz CT molecular complexity index is 693. The van der Waals surface area contributed by atoms with Crippen molar-refractivity contribution in [1.82, 2.24) is 15.1 Å². The van der Waals surface area contributed by atoms with Crippen LogP contribution in [-0.2, 0) is 28.5 Å². The predicted octanol–water partition coefficient (Wildman–Crippen LogP) is 1.92. The number of nitrogens with zero attached hydrogens (tertiary/aromatic N) is 2. The van der Waals surface area contributed by atoms with Crippen LogP contribution in [0.3, 0.4) is 0 Å². The van der Waals surface area contributed by atoms with Gasteiger partial charge in [-0.15, -0.1) is 0 Å². The summed E-state index contributed by atoms with van der Waals surface area (Å²) in [4.78, 5) is 12.5. The lowest BCUT2D eigenvalue weighted by molar-refractivity contribution is -0.123. The van der Waals surface area contributed by atoms with Crippen molar-refractivity contribution < 1.29 is 13.9 Å². The molecule has 1 N–H and O–H groups in total. The Labute approximate surface area is 134 Å². The molecule has 1 saturated heterocycles. The van der Waals surface area contributed by atoms with Crippen molar-refractivity contribution in [2.24, 2.45) is 7.05 Å². The number of benzene rings is 1. The zero-order valence-electron chi connectivity index (χ0n) is 13.1. The van der Waals surface area contributed by atoms with Crippen LogP contribution in [0.15, 0.2) is 36.7 Å². The number of halogens is 1. The van der Waals surface area contributed by atoms with Crippen LogP contribution in [-0.4, -0.2) is 28.9 Å². The Morgan fingerprint density at radius 2 is 2.22 bits per heavy atom. The molecule has 122 valence electrons. The van der Waals surface area contributed by atoms with Crippen molar-refractivity contribution >= 4 is 5.91 Å². The third-order valence-corrected chi connectivity index (χ3v) is 4.23. The van der Waals surface area contributed by atoms with E-state index in [0.717, 1.165) is 11.1 Å². The minimum atomic E-state index is -0.570. The van der Waals surface area contributed by atoms with Gasteiger partial charge in [-0.05, 0) is 36.1 Å². The van der Waals surface area contributed by atoms with Gasteiger partial charge in [0, 0.05) is 26.5 Å². The van der Waals surface area contributed by atoms with Crippen LogP contribution >= 0.6 is 0 Å². The summed E-state index contributed by atoms with van der Waals surface area (Å²) < 4.78 is 20.7. The molecule has 0 unspecified atom stereocenters. The minimum absolute atomic E-state index is 0.0934. The van der Waals surface area contributed by atoms with Gasteiger partial charge in [0.1, 0.15) is 5.82 Å². The van der Waals surface area contributed by atoms with Gasteiger partial charge in [0.25, 0.3) is 0 Å². The van der Waals surface area contributed by atoms with Gasteiger partial charge in [-0.1, -0.05) is 12.1 Å². The summed E-state index contributed by atoms with van der Waals surface area (Å²) in [6, 6.07) is 6.44. The van der Waals surface area contributed by atoms with Crippen molar-refractivity contribution in [3.8, 4) is 0 Å². The summed E-state index contributed by atoms with van der Waals surface area (Å²) in [7, 11) is 1.81.